The molecule has 100 valence electrons. The predicted molar refractivity (Wildman–Crippen MR) is 74.3 cm³/mol. The van der Waals surface area contributed by atoms with Gasteiger partial charge in [-0.15, -0.1) is 0 Å². The number of aryl methyl sites for hydroxylation is 1. The van der Waals surface area contributed by atoms with E-state index in [-0.39, 0.29) is 0 Å². The number of hydrogen-bond acceptors (Lipinski definition) is 9. The van der Waals surface area contributed by atoms with Gasteiger partial charge in [-0.05, 0) is 25.6 Å². The summed E-state index contributed by atoms with van der Waals surface area (Å²) in [5.41, 5.74) is 14.6. The highest BCUT2D eigenvalue weighted by Gasteiger charge is 2.12. The maximum absolute atomic E-state index is 5.63. The molecule has 2 rings (SSSR count). The molecule has 2 aromatic rings. The molecule has 0 saturated carbocycles. The van der Waals surface area contributed by atoms with Crippen LogP contribution in [0.5, 0.6) is 0 Å². The lowest BCUT2D eigenvalue weighted by molar-refractivity contribution is 0.921. The number of nitrogen functional groups attached to an aromatic ring is 3. The standard InChI is InChI=1S/C10H14N8S/c1-4-8(18-13)14-5(2)15-9(4)19-10-16-6(11)3-7(12)17-10/h3H,13H2,1-2H3,(H,14,15,18)(H4,11,12,16,17). The van der Waals surface area contributed by atoms with E-state index in [9.17, 15) is 0 Å². The lowest BCUT2D eigenvalue weighted by Gasteiger charge is -2.09. The first-order valence-corrected chi connectivity index (χ1v) is 6.21. The molecule has 2 heterocycles. The Kier molecular flexibility index (Phi) is 3.67. The second kappa shape index (κ2) is 5.24. The maximum Gasteiger partial charge on any atom is 0.197 e. The minimum atomic E-state index is 0.315. The molecule has 0 radical (unpaired) electrons. The topological polar surface area (TPSA) is 142 Å². The van der Waals surface area contributed by atoms with Gasteiger partial charge in [0.1, 0.15) is 28.3 Å². The third-order valence-electron chi connectivity index (χ3n) is 2.28. The van der Waals surface area contributed by atoms with Crippen LogP contribution in [-0.4, -0.2) is 19.9 Å². The predicted octanol–water partition coefficient (Wildman–Crippen LogP) is 0.485. The van der Waals surface area contributed by atoms with Crippen molar-refractivity contribution in [1.82, 2.24) is 19.9 Å². The third kappa shape index (κ3) is 3.01. The fourth-order valence-corrected chi connectivity index (χ4v) is 2.34. The van der Waals surface area contributed by atoms with Gasteiger partial charge >= 0.3 is 0 Å². The molecule has 0 aromatic carbocycles. The van der Waals surface area contributed by atoms with Gasteiger partial charge in [-0.3, -0.25) is 0 Å². The molecule has 0 atom stereocenters. The second-order valence-electron chi connectivity index (χ2n) is 3.80. The number of nitrogens with two attached hydrogens (primary N) is 3. The maximum atomic E-state index is 5.63. The zero-order chi connectivity index (χ0) is 14.0. The fourth-order valence-electron chi connectivity index (χ4n) is 1.44. The van der Waals surface area contributed by atoms with E-state index >= 15 is 0 Å². The number of anilines is 3. The number of hydrazine groups is 1. The number of aromatic nitrogens is 4. The average Bonchev–Trinajstić information content (AvgIpc) is 2.32. The summed E-state index contributed by atoms with van der Waals surface area (Å²) in [5, 5.41) is 1.13. The van der Waals surface area contributed by atoms with E-state index in [1.165, 1.54) is 17.8 Å². The van der Waals surface area contributed by atoms with E-state index in [0.717, 1.165) is 5.56 Å². The normalized spacial score (nSPS) is 10.5. The van der Waals surface area contributed by atoms with Gasteiger partial charge in [0.15, 0.2) is 5.16 Å². The van der Waals surface area contributed by atoms with Gasteiger partial charge in [-0.1, -0.05) is 0 Å². The molecule has 7 N–H and O–H groups in total. The van der Waals surface area contributed by atoms with E-state index in [2.05, 4.69) is 25.4 Å². The summed E-state index contributed by atoms with van der Waals surface area (Å²) in [6.45, 7) is 3.63. The van der Waals surface area contributed by atoms with Crippen molar-refractivity contribution >= 4 is 29.2 Å². The average molecular weight is 278 g/mol. The molecule has 8 nitrogen and oxygen atoms in total. The summed E-state index contributed by atoms with van der Waals surface area (Å²) in [6, 6.07) is 1.50. The molecule has 19 heavy (non-hydrogen) atoms. The van der Waals surface area contributed by atoms with Crippen LogP contribution in [0.25, 0.3) is 0 Å². The number of rotatable bonds is 3. The Bertz CT molecular complexity index is 594. The zero-order valence-corrected chi connectivity index (χ0v) is 11.3. The minimum absolute atomic E-state index is 0.315. The van der Waals surface area contributed by atoms with Crippen molar-refractivity contribution in [3.8, 4) is 0 Å². The Morgan fingerprint density at radius 1 is 1.05 bits per heavy atom. The van der Waals surface area contributed by atoms with Crippen LogP contribution in [0.15, 0.2) is 16.2 Å². The molecule has 0 saturated heterocycles. The number of nitrogens with one attached hydrogen (secondary N) is 1. The Morgan fingerprint density at radius 2 is 1.68 bits per heavy atom. The largest absolute Gasteiger partial charge is 0.383 e. The molecule has 0 unspecified atom stereocenters. The Morgan fingerprint density at radius 3 is 2.26 bits per heavy atom. The molecule has 0 fully saturated rings. The number of hydrogen-bond donors (Lipinski definition) is 4. The van der Waals surface area contributed by atoms with Crippen LogP contribution in [0.4, 0.5) is 17.5 Å². The second-order valence-corrected chi connectivity index (χ2v) is 4.75. The lowest BCUT2D eigenvalue weighted by Crippen LogP contribution is -2.12. The molecule has 0 amide bonds. The van der Waals surface area contributed by atoms with E-state index in [4.69, 9.17) is 17.3 Å². The smallest absolute Gasteiger partial charge is 0.197 e. The quantitative estimate of drug-likeness (QED) is 0.273. The van der Waals surface area contributed by atoms with Gasteiger partial charge in [0.25, 0.3) is 0 Å². The molecule has 0 aliphatic rings. The van der Waals surface area contributed by atoms with Crippen molar-refractivity contribution in [2.75, 3.05) is 16.9 Å². The summed E-state index contributed by atoms with van der Waals surface area (Å²) in [4.78, 5) is 16.7. The van der Waals surface area contributed by atoms with Crippen LogP contribution >= 0.6 is 11.8 Å². The molecule has 0 aliphatic heterocycles. The van der Waals surface area contributed by atoms with Gasteiger partial charge in [-0.25, -0.2) is 25.8 Å². The van der Waals surface area contributed by atoms with Gasteiger partial charge in [0.2, 0.25) is 0 Å². The van der Waals surface area contributed by atoms with Crippen LogP contribution < -0.4 is 22.7 Å². The highest BCUT2D eigenvalue weighted by molar-refractivity contribution is 7.99. The number of nitrogens with zero attached hydrogens (tertiary/aromatic N) is 4. The van der Waals surface area contributed by atoms with Gasteiger partial charge in [0.05, 0.1) is 0 Å². The van der Waals surface area contributed by atoms with Crippen molar-refractivity contribution in [3.63, 3.8) is 0 Å². The van der Waals surface area contributed by atoms with Crippen LogP contribution in [0, 0.1) is 13.8 Å². The summed E-state index contributed by atoms with van der Waals surface area (Å²) in [5.74, 6) is 7.20. The van der Waals surface area contributed by atoms with Crippen molar-refractivity contribution in [2.24, 2.45) is 5.84 Å². The molecule has 2 aromatic heterocycles. The molecule has 0 spiro atoms. The van der Waals surface area contributed by atoms with Crippen LogP contribution in [0.2, 0.25) is 0 Å². The Labute approximate surface area is 114 Å². The summed E-state index contributed by atoms with van der Waals surface area (Å²) in [7, 11) is 0. The SMILES string of the molecule is Cc1nc(NN)c(C)c(Sc2nc(N)cc(N)n2)n1. The van der Waals surface area contributed by atoms with E-state index in [1.54, 1.807) is 6.92 Å². The fraction of sp³-hybridized carbons (Fsp3) is 0.200. The first-order valence-electron chi connectivity index (χ1n) is 5.39. The summed E-state index contributed by atoms with van der Waals surface area (Å²) < 4.78 is 0. The van der Waals surface area contributed by atoms with Crippen molar-refractivity contribution in [1.29, 1.82) is 0 Å². The molecule has 0 aliphatic carbocycles. The van der Waals surface area contributed by atoms with E-state index < -0.39 is 0 Å². The Hall–Kier alpha value is -2.13. The zero-order valence-electron chi connectivity index (χ0n) is 10.5. The van der Waals surface area contributed by atoms with Crippen LogP contribution in [-0.2, 0) is 0 Å². The summed E-state index contributed by atoms with van der Waals surface area (Å²) >= 11 is 1.26. The van der Waals surface area contributed by atoms with Crippen molar-refractivity contribution in [3.05, 3.63) is 17.5 Å². The molecular formula is C10H14N8S. The van der Waals surface area contributed by atoms with E-state index in [0.29, 0.717) is 33.5 Å². The van der Waals surface area contributed by atoms with Gasteiger partial charge in [0, 0.05) is 11.6 Å². The van der Waals surface area contributed by atoms with E-state index in [1.807, 2.05) is 6.92 Å². The van der Waals surface area contributed by atoms with Crippen LogP contribution in [0.1, 0.15) is 11.4 Å². The van der Waals surface area contributed by atoms with Crippen molar-refractivity contribution in [2.45, 2.75) is 24.0 Å². The van der Waals surface area contributed by atoms with Crippen LogP contribution in [0.3, 0.4) is 0 Å². The lowest BCUT2D eigenvalue weighted by atomic mass is 10.3. The van der Waals surface area contributed by atoms with Crippen molar-refractivity contribution < 1.29 is 0 Å². The van der Waals surface area contributed by atoms with Gasteiger partial charge in [-0.2, -0.15) is 0 Å². The highest BCUT2D eigenvalue weighted by atomic mass is 32.2. The van der Waals surface area contributed by atoms with Gasteiger partial charge < -0.3 is 16.9 Å². The molecular weight excluding hydrogens is 264 g/mol. The first-order chi connectivity index (χ1) is 8.99. The minimum Gasteiger partial charge on any atom is -0.383 e. The monoisotopic (exact) mass is 278 g/mol. The molecule has 0 bridgehead atoms. The summed E-state index contributed by atoms with van der Waals surface area (Å²) in [6.07, 6.45) is 0. The Balaban J connectivity index is 2.40. The third-order valence-corrected chi connectivity index (χ3v) is 3.24. The first kappa shape index (κ1) is 13.3. The highest BCUT2D eigenvalue weighted by Crippen LogP contribution is 2.29. The molecule has 9 heteroatoms.